The van der Waals surface area contributed by atoms with Gasteiger partial charge in [0.1, 0.15) is 0 Å². The van der Waals surface area contributed by atoms with E-state index in [1.807, 2.05) is 0 Å². The Morgan fingerprint density at radius 2 is 1.94 bits per heavy atom. The normalized spacial score (nSPS) is 19.8. The van der Waals surface area contributed by atoms with Crippen LogP contribution in [0.25, 0.3) is 0 Å². The SMILES string of the molecule is COC(C)(C)CCC(CCC1CCCC1)NN. The quantitative estimate of drug-likeness (QED) is 0.508. The van der Waals surface area contributed by atoms with Crippen molar-refractivity contribution in [2.24, 2.45) is 11.8 Å². The monoisotopic (exact) mass is 242 g/mol. The molecule has 0 amide bonds. The maximum absolute atomic E-state index is 5.64. The molecule has 3 nitrogen and oxygen atoms in total. The molecule has 3 N–H and O–H groups in total. The number of hydrogen-bond donors (Lipinski definition) is 2. The highest BCUT2D eigenvalue weighted by Crippen LogP contribution is 2.29. The van der Waals surface area contributed by atoms with Crippen LogP contribution in [0.2, 0.25) is 0 Å². The Kier molecular flexibility index (Phi) is 6.45. The Morgan fingerprint density at radius 1 is 1.29 bits per heavy atom. The lowest BCUT2D eigenvalue weighted by atomic mass is 9.93. The van der Waals surface area contributed by atoms with Crippen LogP contribution in [0.15, 0.2) is 0 Å². The zero-order chi connectivity index (χ0) is 12.7. The minimum absolute atomic E-state index is 0.0253. The predicted octanol–water partition coefficient (Wildman–Crippen LogP) is 2.99. The van der Waals surface area contributed by atoms with Gasteiger partial charge in [0.05, 0.1) is 5.60 Å². The van der Waals surface area contributed by atoms with Crippen LogP contribution < -0.4 is 11.3 Å². The van der Waals surface area contributed by atoms with Gasteiger partial charge in [-0.05, 0) is 45.4 Å². The van der Waals surface area contributed by atoms with Gasteiger partial charge < -0.3 is 4.74 Å². The second kappa shape index (κ2) is 7.34. The largest absolute Gasteiger partial charge is 0.379 e. The van der Waals surface area contributed by atoms with Crippen molar-refractivity contribution >= 4 is 0 Å². The Morgan fingerprint density at radius 3 is 2.47 bits per heavy atom. The van der Waals surface area contributed by atoms with Gasteiger partial charge in [-0.25, -0.2) is 0 Å². The molecule has 1 aliphatic carbocycles. The molecular weight excluding hydrogens is 212 g/mol. The number of nitrogens with two attached hydrogens (primary N) is 1. The molecule has 1 rings (SSSR count). The first-order chi connectivity index (χ1) is 8.07. The fourth-order valence-corrected chi connectivity index (χ4v) is 2.67. The van der Waals surface area contributed by atoms with Crippen LogP contribution in [0.4, 0.5) is 0 Å². The maximum Gasteiger partial charge on any atom is 0.0623 e. The topological polar surface area (TPSA) is 47.3 Å². The molecule has 1 aliphatic rings. The van der Waals surface area contributed by atoms with Crippen LogP contribution in [-0.4, -0.2) is 18.8 Å². The fourth-order valence-electron chi connectivity index (χ4n) is 2.67. The zero-order valence-electron chi connectivity index (χ0n) is 11.8. The standard InChI is InChI=1S/C14H30N2O/c1-14(2,17-3)11-10-13(16-15)9-8-12-6-4-5-7-12/h12-13,16H,4-11,15H2,1-3H3. The third-order valence-corrected chi connectivity index (χ3v) is 4.28. The van der Waals surface area contributed by atoms with E-state index in [4.69, 9.17) is 10.6 Å². The summed E-state index contributed by atoms with van der Waals surface area (Å²) in [5.41, 5.74) is 2.94. The van der Waals surface area contributed by atoms with Crippen molar-refractivity contribution in [3.8, 4) is 0 Å². The molecule has 0 spiro atoms. The van der Waals surface area contributed by atoms with E-state index in [0.717, 1.165) is 18.8 Å². The van der Waals surface area contributed by atoms with Crippen LogP contribution >= 0.6 is 0 Å². The highest BCUT2D eigenvalue weighted by atomic mass is 16.5. The summed E-state index contributed by atoms with van der Waals surface area (Å²) in [5.74, 6) is 6.60. The average molecular weight is 242 g/mol. The molecule has 1 atom stereocenters. The Bertz CT molecular complexity index is 200. The molecule has 0 aromatic heterocycles. The van der Waals surface area contributed by atoms with E-state index in [9.17, 15) is 0 Å². The second-order valence-electron chi connectivity index (χ2n) is 6.09. The van der Waals surface area contributed by atoms with Gasteiger partial charge in [-0.1, -0.05) is 25.7 Å². The summed E-state index contributed by atoms with van der Waals surface area (Å²) in [6, 6.07) is 0.449. The van der Waals surface area contributed by atoms with E-state index < -0.39 is 0 Å². The minimum Gasteiger partial charge on any atom is -0.379 e. The summed E-state index contributed by atoms with van der Waals surface area (Å²) in [5, 5.41) is 0. The van der Waals surface area contributed by atoms with Crippen molar-refractivity contribution < 1.29 is 4.74 Å². The van der Waals surface area contributed by atoms with Gasteiger partial charge in [0.15, 0.2) is 0 Å². The second-order valence-corrected chi connectivity index (χ2v) is 6.09. The third kappa shape index (κ3) is 5.84. The van der Waals surface area contributed by atoms with Gasteiger partial charge in [-0.3, -0.25) is 11.3 Å². The molecular formula is C14H30N2O. The molecule has 0 bridgehead atoms. The molecule has 17 heavy (non-hydrogen) atoms. The molecule has 0 aliphatic heterocycles. The van der Waals surface area contributed by atoms with Crippen LogP contribution in [-0.2, 0) is 4.74 Å². The van der Waals surface area contributed by atoms with Crippen LogP contribution in [0.1, 0.15) is 65.2 Å². The third-order valence-electron chi connectivity index (χ3n) is 4.28. The highest BCUT2D eigenvalue weighted by Gasteiger charge is 2.20. The summed E-state index contributed by atoms with van der Waals surface area (Å²) in [7, 11) is 1.78. The summed E-state index contributed by atoms with van der Waals surface area (Å²) in [4.78, 5) is 0. The lowest BCUT2D eigenvalue weighted by molar-refractivity contribution is 0.0114. The number of hydrogen-bond acceptors (Lipinski definition) is 3. The molecule has 0 radical (unpaired) electrons. The van der Waals surface area contributed by atoms with Gasteiger partial charge in [-0.2, -0.15) is 0 Å². The predicted molar refractivity (Wildman–Crippen MR) is 72.6 cm³/mol. The first kappa shape index (κ1) is 14.9. The summed E-state index contributed by atoms with van der Waals surface area (Å²) < 4.78 is 5.44. The first-order valence-corrected chi connectivity index (χ1v) is 7.08. The number of ether oxygens (including phenoxy) is 1. The Hall–Kier alpha value is -0.120. The van der Waals surface area contributed by atoms with E-state index in [1.54, 1.807) is 7.11 Å². The molecule has 3 heteroatoms. The number of hydrazine groups is 1. The van der Waals surface area contributed by atoms with Gasteiger partial charge in [-0.15, -0.1) is 0 Å². The van der Waals surface area contributed by atoms with E-state index in [0.29, 0.717) is 6.04 Å². The van der Waals surface area contributed by atoms with E-state index in [-0.39, 0.29) is 5.60 Å². The van der Waals surface area contributed by atoms with Crippen molar-refractivity contribution in [3.05, 3.63) is 0 Å². The average Bonchev–Trinajstić information content (AvgIpc) is 2.82. The van der Waals surface area contributed by atoms with Crippen molar-refractivity contribution in [1.82, 2.24) is 5.43 Å². The summed E-state index contributed by atoms with van der Waals surface area (Å²) >= 11 is 0. The van der Waals surface area contributed by atoms with Crippen molar-refractivity contribution in [2.45, 2.75) is 76.9 Å². The van der Waals surface area contributed by atoms with Crippen molar-refractivity contribution in [2.75, 3.05) is 7.11 Å². The summed E-state index contributed by atoms with van der Waals surface area (Å²) in [6.07, 6.45) is 10.4. The maximum atomic E-state index is 5.64. The lowest BCUT2D eigenvalue weighted by Gasteiger charge is -2.26. The molecule has 0 heterocycles. The molecule has 102 valence electrons. The molecule has 1 unspecified atom stereocenters. The van der Waals surface area contributed by atoms with E-state index in [1.165, 1.54) is 38.5 Å². The first-order valence-electron chi connectivity index (χ1n) is 7.08. The molecule has 1 saturated carbocycles. The van der Waals surface area contributed by atoms with Crippen LogP contribution in [0.5, 0.6) is 0 Å². The van der Waals surface area contributed by atoms with Crippen LogP contribution in [0, 0.1) is 5.92 Å². The Labute approximate surface area is 106 Å². The molecule has 0 aromatic carbocycles. The van der Waals surface area contributed by atoms with Crippen molar-refractivity contribution in [3.63, 3.8) is 0 Å². The van der Waals surface area contributed by atoms with E-state index in [2.05, 4.69) is 19.3 Å². The highest BCUT2D eigenvalue weighted by molar-refractivity contribution is 4.75. The summed E-state index contributed by atoms with van der Waals surface area (Å²) in [6.45, 7) is 4.27. The van der Waals surface area contributed by atoms with Crippen molar-refractivity contribution in [1.29, 1.82) is 0 Å². The zero-order valence-corrected chi connectivity index (χ0v) is 11.8. The van der Waals surface area contributed by atoms with E-state index >= 15 is 0 Å². The van der Waals surface area contributed by atoms with Crippen LogP contribution in [0.3, 0.4) is 0 Å². The molecule has 0 aromatic rings. The molecule has 0 saturated heterocycles. The van der Waals surface area contributed by atoms with Gasteiger partial charge in [0.25, 0.3) is 0 Å². The lowest BCUT2D eigenvalue weighted by Crippen LogP contribution is -2.37. The fraction of sp³-hybridized carbons (Fsp3) is 1.00. The number of methoxy groups -OCH3 is 1. The van der Waals surface area contributed by atoms with Gasteiger partial charge >= 0.3 is 0 Å². The Balaban J connectivity index is 2.18. The number of rotatable bonds is 8. The minimum atomic E-state index is -0.0253. The van der Waals surface area contributed by atoms with Gasteiger partial charge in [0, 0.05) is 13.2 Å². The number of nitrogens with one attached hydrogen (secondary N) is 1. The smallest absolute Gasteiger partial charge is 0.0623 e. The van der Waals surface area contributed by atoms with Gasteiger partial charge in [0.2, 0.25) is 0 Å². The molecule has 1 fully saturated rings.